The topological polar surface area (TPSA) is 107 Å². The van der Waals surface area contributed by atoms with Gasteiger partial charge in [0.05, 0.1) is 21.0 Å². The van der Waals surface area contributed by atoms with Gasteiger partial charge >= 0.3 is 0 Å². The van der Waals surface area contributed by atoms with Gasteiger partial charge in [-0.15, -0.1) is 10.2 Å². The maximum Gasteiger partial charge on any atom is 0.244 e. The van der Waals surface area contributed by atoms with E-state index in [1.807, 2.05) is 57.8 Å². The third-order valence-corrected chi connectivity index (χ3v) is 8.78. The molecule has 5 aromatic rings. The highest BCUT2D eigenvalue weighted by atomic mass is 35.5. The van der Waals surface area contributed by atoms with Crippen molar-refractivity contribution in [3.05, 3.63) is 83.4 Å². The van der Waals surface area contributed by atoms with Crippen LogP contribution < -0.4 is 4.90 Å². The third kappa shape index (κ3) is 3.88. The number of anilines is 1. The summed E-state index contributed by atoms with van der Waals surface area (Å²) in [6, 6.07) is 23.4. The van der Waals surface area contributed by atoms with Gasteiger partial charge in [0.1, 0.15) is 6.07 Å². The van der Waals surface area contributed by atoms with E-state index in [0.717, 1.165) is 16.5 Å². The van der Waals surface area contributed by atoms with Crippen molar-refractivity contribution in [2.24, 2.45) is 0 Å². The van der Waals surface area contributed by atoms with Gasteiger partial charge in [0.15, 0.2) is 11.5 Å². The number of hydrogen-bond donors (Lipinski definition) is 0. The molecule has 0 saturated carbocycles. The number of benzene rings is 3. The molecular weight excluding hydrogens is 510 g/mol. The summed E-state index contributed by atoms with van der Waals surface area (Å²) in [7, 11) is -3.82. The van der Waals surface area contributed by atoms with Gasteiger partial charge in [-0.25, -0.2) is 17.8 Å². The number of piperazine rings is 1. The summed E-state index contributed by atoms with van der Waals surface area (Å²) in [5.74, 6) is 1.18. The molecule has 1 aliphatic heterocycles. The summed E-state index contributed by atoms with van der Waals surface area (Å²) in [6.07, 6.45) is 0. The average molecular weight is 530 g/mol. The minimum absolute atomic E-state index is 0.0250. The fourth-order valence-electron chi connectivity index (χ4n) is 4.65. The molecule has 0 unspecified atom stereocenters. The first-order valence-corrected chi connectivity index (χ1v) is 13.4. The molecule has 37 heavy (non-hydrogen) atoms. The molecule has 9 nitrogen and oxygen atoms in total. The van der Waals surface area contributed by atoms with Crippen molar-refractivity contribution in [2.45, 2.75) is 4.90 Å². The number of sulfonamides is 1. The number of rotatable bonds is 4. The third-order valence-electron chi connectivity index (χ3n) is 6.49. The zero-order chi connectivity index (χ0) is 25.6. The zero-order valence-electron chi connectivity index (χ0n) is 19.5. The first-order valence-electron chi connectivity index (χ1n) is 11.6. The standard InChI is InChI=1S/C26H20ClN7O2S/c27-21-10-4-2-8-19(21)24-30-31-25-20-9-3-5-11-22(20)29-26(34(24)25)32-13-15-33(16-14-32)37(35,36)23-12-6-1-7-18(23)17-28/h1-12H,13-16H2. The lowest BCUT2D eigenvalue weighted by Gasteiger charge is -2.35. The summed E-state index contributed by atoms with van der Waals surface area (Å²) in [4.78, 5) is 7.00. The van der Waals surface area contributed by atoms with Crippen LogP contribution in [0, 0.1) is 11.3 Å². The van der Waals surface area contributed by atoms with E-state index < -0.39 is 10.0 Å². The van der Waals surface area contributed by atoms with Gasteiger partial charge in [0.2, 0.25) is 16.0 Å². The molecule has 1 fully saturated rings. The maximum absolute atomic E-state index is 13.3. The van der Waals surface area contributed by atoms with E-state index in [0.29, 0.717) is 35.5 Å². The molecule has 184 valence electrons. The average Bonchev–Trinajstić information content (AvgIpc) is 3.38. The highest BCUT2D eigenvalue weighted by molar-refractivity contribution is 7.89. The molecular formula is C26H20ClN7O2S. The molecule has 1 saturated heterocycles. The number of para-hydroxylation sites is 1. The van der Waals surface area contributed by atoms with E-state index in [4.69, 9.17) is 16.6 Å². The molecule has 0 spiro atoms. The molecule has 0 amide bonds. The highest BCUT2D eigenvalue weighted by Crippen LogP contribution is 2.32. The van der Waals surface area contributed by atoms with E-state index in [1.54, 1.807) is 18.2 Å². The van der Waals surface area contributed by atoms with Crippen molar-refractivity contribution < 1.29 is 8.42 Å². The van der Waals surface area contributed by atoms with E-state index in [-0.39, 0.29) is 23.5 Å². The summed E-state index contributed by atoms with van der Waals surface area (Å²) in [5.41, 5.74) is 2.27. The van der Waals surface area contributed by atoms with Gasteiger partial charge in [-0.2, -0.15) is 9.57 Å². The summed E-state index contributed by atoms with van der Waals surface area (Å²) >= 11 is 6.51. The molecule has 0 N–H and O–H groups in total. The smallest absolute Gasteiger partial charge is 0.244 e. The number of halogens is 1. The van der Waals surface area contributed by atoms with Crippen LogP contribution in [0.25, 0.3) is 27.9 Å². The van der Waals surface area contributed by atoms with Crippen LogP contribution >= 0.6 is 11.6 Å². The first kappa shape index (κ1) is 23.4. The van der Waals surface area contributed by atoms with Crippen molar-refractivity contribution in [1.29, 1.82) is 5.26 Å². The van der Waals surface area contributed by atoms with Crippen LogP contribution in [-0.2, 0) is 10.0 Å². The van der Waals surface area contributed by atoms with Gasteiger partial charge in [0, 0.05) is 37.1 Å². The lowest BCUT2D eigenvalue weighted by atomic mass is 10.2. The van der Waals surface area contributed by atoms with Crippen LogP contribution in [0.15, 0.2) is 77.7 Å². The van der Waals surface area contributed by atoms with Crippen molar-refractivity contribution in [3.63, 3.8) is 0 Å². The molecule has 0 atom stereocenters. The quantitative estimate of drug-likeness (QED) is 0.346. The van der Waals surface area contributed by atoms with E-state index in [9.17, 15) is 13.7 Å². The monoisotopic (exact) mass is 529 g/mol. The van der Waals surface area contributed by atoms with Crippen molar-refractivity contribution in [3.8, 4) is 17.5 Å². The summed E-state index contributed by atoms with van der Waals surface area (Å²) in [6.45, 7) is 1.27. The Morgan fingerprint density at radius 3 is 2.35 bits per heavy atom. The predicted molar refractivity (Wildman–Crippen MR) is 141 cm³/mol. The largest absolute Gasteiger partial charge is 0.339 e. The molecule has 2 aromatic heterocycles. The number of nitriles is 1. The minimum atomic E-state index is -3.82. The van der Waals surface area contributed by atoms with Crippen molar-refractivity contribution in [1.82, 2.24) is 23.9 Å². The van der Waals surface area contributed by atoms with Gasteiger partial charge in [-0.1, -0.05) is 48.0 Å². The Bertz CT molecular complexity index is 1810. The summed E-state index contributed by atoms with van der Waals surface area (Å²) in [5, 5.41) is 19.8. The van der Waals surface area contributed by atoms with Crippen molar-refractivity contribution in [2.75, 3.05) is 31.1 Å². The Hall–Kier alpha value is -4.04. The number of fused-ring (bicyclic) bond motifs is 3. The second-order valence-electron chi connectivity index (χ2n) is 8.59. The molecule has 1 aliphatic rings. The second-order valence-corrected chi connectivity index (χ2v) is 10.9. The van der Waals surface area contributed by atoms with Crippen LogP contribution in [0.3, 0.4) is 0 Å². The number of nitrogens with zero attached hydrogens (tertiary/aromatic N) is 7. The SMILES string of the molecule is N#Cc1ccccc1S(=O)(=O)N1CCN(c2nc3ccccc3c3nnc(-c4ccccc4Cl)n23)CC1. The molecule has 0 radical (unpaired) electrons. The normalized spacial score (nSPS) is 14.8. The van der Waals surface area contributed by atoms with Gasteiger partial charge in [-0.3, -0.25) is 0 Å². The molecule has 3 aromatic carbocycles. The van der Waals surface area contributed by atoms with Crippen molar-refractivity contribution >= 4 is 44.1 Å². The lowest BCUT2D eigenvalue weighted by Crippen LogP contribution is -2.49. The minimum Gasteiger partial charge on any atom is -0.339 e. The van der Waals surface area contributed by atoms with Crippen LogP contribution in [0.5, 0.6) is 0 Å². The van der Waals surface area contributed by atoms with Crippen LogP contribution in [-0.4, -0.2) is 58.5 Å². The number of hydrogen-bond acceptors (Lipinski definition) is 7. The molecule has 11 heteroatoms. The van der Waals surface area contributed by atoms with Crippen LogP contribution in [0.1, 0.15) is 5.56 Å². The highest BCUT2D eigenvalue weighted by Gasteiger charge is 2.32. The first-order chi connectivity index (χ1) is 18.0. The Kier molecular flexibility index (Phi) is 5.76. The Morgan fingerprint density at radius 1 is 0.865 bits per heavy atom. The predicted octanol–water partition coefficient (Wildman–Crippen LogP) is 3.98. The Labute approximate surface area is 218 Å². The van der Waals surface area contributed by atoms with Crippen LogP contribution in [0.4, 0.5) is 5.95 Å². The summed E-state index contributed by atoms with van der Waals surface area (Å²) < 4.78 is 30.0. The maximum atomic E-state index is 13.3. The Balaban J connectivity index is 1.41. The zero-order valence-corrected chi connectivity index (χ0v) is 21.1. The fourth-order valence-corrected chi connectivity index (χ4v) is 6.43. The van der Waals surface area contributed by atoms with Gasteiger partial charge < -0.3 is 4.90 Å². The number of aromatic nitrogens is 4. The van der Waals surface area contributed by atoms with Gasteiger partial charge in [0.25, 0.3) is 0 Å². The Morgan fingerprint density at radius 2 is 1.57 bits per heavy atom. The van der Waals surface area contributed by atoms with E-state index >= 15 is 0 Å². The molecule has 6 rings (SSSR count). The van der Waals surface area contributed by atoms with Gasteiger partial charge in [-0.05, 0) is 36.4 Å². The fraction of sp³-hybridized carbons (Fsp3) is 0.154. The second kappa shape index (κ2) is 9.12. The van der Waals surface area contributed by atoms with E-state index in [1.165, 1.54) is 16.4 Å². The molecule has 0 aliphatic carbocycles. The molecule has 3 heterocycles. The lowest BCUT2D eigenvalue weighted by molar-refractivity contribution is 0.382. The van der Waals surface area contributed by atoms with Crippen LogP contribution in [0.2, 0.25) is 5.02 Å². The van der Waals surface area contributed by atoms with E-state index in [2.05, 4.69) is 10.2 Å². The molecule has 0 bridgehead atoms.